The predicted octanol–water partition coefficient (Wildman–Crippen LogP) is 3.14. The number of amides is 1. The first-order valence-electron chi connectivity index (χ1n) is 8.29. The van der Waals surface area contributed by atoms with Crippen LogP contribution >= 0.6 is 0 Å². The fourth-order valence-electron chi connectivity index (χ4n) is 2.35. The molecule has 0 saturated carbocycles. The van der Waals surface area contributed by atoms with Crippen molar-refractivity contribution in [3.8, 4) is 17.2 Å². The van der Waals surface area contributed by atoms with Crippen LogP contribution in [0.2, 0.25) is 0 Å². The standard InChI is InChI=1S/C20H25NO4/c1-15-4-7-17(8-5-15)25-11-10-21-20(22)9-6-16-12-18(23-2)14-19(13-16)24-3/h4-5,7-8,12-14H,6,9-11H2,1-3H3,(H,21,22). The molecule has 5 heteroatoms. The van der Waals surface area contributed by atoms with Gasteiger partial charge in [-0.1, -0.05) is 17.7 Å². The summed E-state index contributed by atoms with van der Waals surface area (Å²) in [7, 11) is 3.22. The van der Waals surface area contributed by atoms with Crippen LogP contribution < -0.4 is 19.5 Å². The molecule has 0 fully saturated rings. The van der Waals surface area contributed by atoms with Crippen LogP contribution in [0.3, 0.4) is 0 Å². The number of ether oxygens (including phenoxy) is 3. The third kappa shape index (κ3) is 6.37. The van der Waals surface area contributed by atoms with Crippen LogP contribution in [0, 0.1) is 6.92 Å². The van der Waals surface area contributed by atoms with E-state index in [2.05, 4.69) is 5.32 Å². The molecule has 0 aliphatic heterocycles. The largest absolute Gasteiger partial charge is 0.497 e. The molecule has 0 bridgehead atoms. The minimum absolute atomic E-state index is 0.00528. The molecule has 0 unspecified atom stereocenters. The Morgan fingerprint density at radius 2 is 1.60 bits per heavy atom. The lowest BCUT2D eigenvalue weighted by atomic mass is 10.1. The second-order valence-corrected chi connectivity index (χ2v) is 5.73. The molecule has 2 aromatic rings. The number of rotatable bonds is 9. The Bertz CT molecular complexity index is 660. The van der Waals surface area contributed by atoms with Crippen LogP contribution in [0.25, 0.3) is 0 Å². The van der Waals surface area contributed by atoms with Crippen molar-refractivity contribution in [2.24, 2.45) is 0 Å². The van der Waals surface area contributed by atoms with Gasteiger partial charge < -0.3 is 19.5 Å². The number of aryl methyl sites for hydroxylation is 2. The first-order valence-corrected chi connectivity index (χ1v) is 8.29. The second kappa shape index (κ2) is 9.57. The van der Waals surface area contributed by atoms with E-state index < -0.39 is 0 Å². The molecule has 0 aromatic heterocycles. The molecule has 1 amide bonds. The van der Waals surface area contributed by atoms with Crippen LogP contribution in [0.1, 0.15) is 17.5 Å². The highest BCUT2D eigenvalue weighted by Gasteiger charge is 2.06. The zero-order valence-corrected chi connectivity index (χ0v) is 15.0. The Morgan fingerprint density at radius 1 is 0.960 bits per heavy atom. The SMILES string of the molecule is COc1cc(CCC(=O)NCCOc2ccc(C)cc2)cc(OC)c1. The van der Waals surface area contributed by atoms with E-state index in [0.29, 0.717) is 26.0 Å². The molecule has 0 spiro atoms. The first kappa shape index (κ1) is 18.6. The topological polar surface area (TPSA) is 56.8 Å². The van der Waals surface area contributed by atoms with Gasteiger partial charge in [0.25, 0.3) is 0 Å². The van der Waals surface area contributed by atoms with Crippen molar-refractivity contribution in [2.75, 3.05) is 27.4 Å². The first-order chi connectivity index (χ1) is 12.1. The summed E-state index contributed by atoms with van der Waals surface area (Å²) in [5, 5.41) is 2.87. The summed E-state index contributed by atoms with van der Waals surface area (Å²) in [6, 6.07) is 13.5. The average molecular weight is 343 g/mol. The maximum Gasteiger partial charge on any atom is 0.220 e. The van der Waals surface area contributed by atoms with Crippen LogP contribution in [-0.2, 0) is 11.2 Å². The maximum absolute atomic E-state index is 12.0. The van der Waals surface area contributed by atoms with Gasteiger partial charge in [0, 0.05) is 12.5 Å². The monoisotopic (exact) mass is 343 g/mol. The zero-order valence-electron chi connectivity index (χ0n) is 15.0. The number of carbonyl (C=O) groups excluding carboxylic acids is 1. The molecule has 0 heterocycles. The third-order valence-corrected chi connectivity index (χ3v) is 3.77. The summed E-state index contributed by atoms with van der Waals surface area (Å²) >= 11 is 0. The van der Waals surface area contributed by atoms with Gasteiger partial charge in [-0.2, -0.15) is 0 Å². The predicted molar refractivity (Wildman–Crippen MR) is 97.6 cm³/mol. The maximum atomic E-state index is 12.0. The average Bonchev–Trinajstić information content (AvgIpc) is 2.64. The van der Waals surface area contributed by atoms with Crippen LogP contribution in [0.4, 0.5) is 0 Å². The summed E-state index contributed by atoms with van der Waals surface area (Å²) in [5.41, 5.74) is 2.19. The molecular formula is C20H25NO4. The van der Waals surface area contributed by atoms with Gasteiger partial charge in [-0.05, 0) is 43.2 Å². The van der Waals surface area contributed by atoms with Gasteiger partial charge in [0.15, 0.2) is 0 Å². The molecule has 134 valence electrons. The van der Waals surface area contributed by atoms with E-state index in [1.807, 2.05) is 49.4 Å². The lowest BCUT2D eigenvalue weighted by Crippen LogP contribution is -2.28. The smallest absolute Gasteiger partial charge is 0.220 e. The molecule has 0 radical (unpaired) electrons. The van der Waals surface area contributed by atoms with Crippen molar-refractivity contribution in [2.45, 2.75) is 19.8 Å². The Kier molecular flexibility index (Phi) is 7.14. The van der Waals surface area contributed by atoms with Crippen molar-refractivity contribution >= 4 is 5.91 Å². The van der Waals surface area contributed by atoms with Gasteiger partial charge in [0.1, 0.15) is 23.9 Å². The molecule has 2 rings (SSSR count). The molecule has 5 nitrogen and oxygen atoms in total. The number of hydrogen-bond acceptors (Lipinski definition) is 4. The number of hydrogen-bond donors (Lipinski definition) is 1. The lowest BCUT2D eigenvalue weighted by Gasteiger charge is -2.10. The summed E-state index contributed by atoms with van der Waals surface area (Å²) in [5.74, 6) is 2.25. The van der Waals surface area contributed by atoms with E-state index in [-0.39, 0.29) is 5.91 Å². The summed E-state index contributed by atoms with van der Waals surface area (Å²) in [4.78, 5) is 12.0. The Hall–Kier alpha value is -2.69. The fourth-order valence-corrected chi connectivity index (χ4v) is 2.35. The summed E-state index contributed by atoms with van der Waals surface area (Å²) in [6.45, 7) is 2.96. The summed E-state index contributed by atoms with van der Waals surface area (Å²) < 4.78 is 16.1. The highest BCUT2D eigenvalue weighted by atomic mass is 16.5. The molecule has 2 aromatic carbocycles. The molecule has 25 heavy (non-hydrogen) atoms. The fraction of sp³-hybridized carbons (Fsp3) is 0.350. The lowest BCUT2D eigenvalue weighted by molar-refractivity contribution is -0.121. The Balaban J connectivity index is 1.71. The number of carbonyl (C=O) groups is 1. The Labute approximate surface area is 148 Å². The van der Waals surface area contributed by atoms with Crippen LogP contribution in [0.5, 0.6) is 17.2 Å². The zero-order chi connectivity index (χ0) is 18.1. The minimum atomic E-state index is -0.00528. The van der Waals surface area contributed by atoms with E-state index >= 15 is 0 Å². The molecule has 0 saturated heterocycles. The number of nitrogens with one attached hydrogen (secondary N) is 1. The van der Waals surface area contributed by atoms with Gasteiger partial charge in [-0.15, -0.1) is 0 Å². The molecular weight excluding hydrogens is 318 g/mol. The van der Waals surface area contributed by atoms with E-state index in [4.69, 9.17) is 14.2 Å². The normalized spacial score (nSPS) is 10.2. The van der Waals surface area contributed by atoms with E-state index in [1.54, 1.807) is 14.2 Å². The van der Waals surface area contributed by atoms with E-state index in [0.717, 1.165) is 22.8 Å². The second-order valence-electron chi connectivity index (χ2n) is 5.73. The molecule has 0 aliphatic rings. The van der Waals surface area contributed by atoms with Crippen LogP contribution in [-0.4, -0.2) is 33.3 Å². The number of methoxy groups -OCH3 is 2. The van der Waals surface area contributed by atoms with Gasteiger partial charge in [-0.3, -0.25) is 4.79 Å². The molecule has 0 aliphatic carbocycles. The van der Waals surface area contributed by atoms with E-state index in [1.165, 1.54) is 5.56 Å². The highest BCUT2D eigenvalue weighted by molar-refractivity contribution is 5.76. The van der Waals surface area contributed by atoms with Gasteiger partial charge >= 0.3 is 0 Å². The quantitative estimate of drug-likeness (QED) is 0.711. The van der Waals surface area contributed by atoms with Gasteiger partial charge in [0.2, 0.25) is 5.91 Å². The van der Waals surface area contributed by atoms with E-state index in [9.17, 15) is 4.79 Å². The minimum Gasteiger partial charge on any atom is -0.497 e. The molecule has 0 atom stereocenters. The number of benzene rings is 2. The van der Waals surface area contributed by atoms with Crippen molar-refractivity contribution < 1.29 is 19.0 Å². The van der Waals surface area contributed by atoms with Gasteiger partial charge in [-0.25, -0.2) is 0 Å². The third-order valence-electron chi connectivity index (χ3n) is 3.77. The van der Waals surface area contributed by atoms with Crippen molar-refractivity contribution in [3.05, 3.63) is 53.6 Å². The molecule has 1 N–H and O–H groups in total. The van der Waals surface area contributed by atoms with Gasteiger partial charge in [0.05, 0.1) is 20.8 Å². The van der Waals surface area contributed by atoms with Crippen molar-refractivity contribution in [3.63, 3.8) is 0 Å². The van der Waals surface area contributed by atoms with Crippen molar-refractivity contribution in [1.82, 2.24) is 5.32 Å². The Morgan fingerprint density at radius 3 is 2.20 bits per heavy atom. The van der Waals surface area contributed by atoms with Crippen molar-refractivity contribution in [1.29, 1.82) is 0 Å². The van der Waals surface area contributed by atoms with Crippen LogP contribution in [0.15, 0.2) is 42.5 Å². The highest BCUT2D eigenvalue weighted by Crippen LogP contribution is 2.23. The summed E-state index contributed by atoms with van der Waals surface area (Å²) in [6.07, 6.45) is 1.03.